The number of piperazine rings is 1. The van der Waals surface area contributed by atoms with Crippen molar-refractivity contribution in [3.05, 3.63) is 50.9 Å². The quantitative estimate of drug-likeness (QED) is 0.701. The lowest BCUT2D eigenvalue weighted by atomic mass is 10.0. The van der Waals surface area contributed by atoms with E-state index >= 15 is 0 Å². The SMILES string of the molecule is Cl.Fc1ccc(OC(F)(F)F)cc1[C@H](c1ccc(Cl)s1)N1CCNCC1. The van der Waals surface area contributed by atoms with E-state index in [1.807, 2.05) is 4.90 Å². The molecular weight excluding hydrogens is 415 g/mol. The van der Waals surface area contributed by atoms with Crippen molar-refractivity contribution in [2.24, 2.45) is 0 Å². The average Bonchev–Trinajstić information content (AvgIpc) is 2.96. The van der Waals surface area contributed by atoms with Crippen molar-refractivity contribution >= 4 is 35.3 Å². The lowest BCUT2D eigenvalue weighted by molar-refractivity contribution is -0.274. The minimum Gasteiger partial charge on any atom is -0.406 e. The second-order valence-corrected chi connectivity index (χ2v) is 7.31. The molecule has 0 unspecified atom stereocenters. The molecule has 3 nitrogen and oxygen atoms in total. The lowest BCUT2D eigenvalue weighted by Crippen LogP contribution is -2.45. The van der Waals surface area contributed by atoms with Gasteiger partial charge in [0.2, 0.25) is 0 Å². The zero-order chi connectivity index (χ0) is 18.0. The molecule has 1 N–H and O–H groups in total. The summed E-state index contributed by atoms with van der Waals surface area (Å²) in [5.41, 5.74) is 0.141. The Hall–Kier alpha value is -1.06. The Morgan fingerprint density at radius 1 is 1.15 bits per heavy atom. The Kier molecular flexibility index (Phi) is 7.15. The average molecular weight is 431 g/mol. The van der Waals surface area contributed by atoms with E-state index in [0.29, 0.717) is 17.4 Å². The monoisotopic (exact) mass is 430 g/mol. The maximum Gasteiger partial charge on any atom is 0.573 e. The molecule has 2 aromatic rings. The Morgan fingerprint density at radius 3 is 2.42 bits per heavy atom. The number of ether oxygens (including phenoxy) is 1. The molecule has 1 aromatic heterocycles. The molecule has 26 heavy (non-hydrogen) atoms. The van der Waals surface area contributed by atoms with Crippen LogP contribution in [0.2, 0.25) is 4.34 Å². The van der Waals surface area contributed by atoms with Gasteiger partial charge in [-0.3, -0.25) is 4.90 Å². The van der Waals surface area contributed by atoms with Gasteiger partial charge in [0, 0.05) is 36.6 Å². The third-order valence-electron chi connectivity index (χ3n) is 3.88. The van der Waals surface area contributed by atoms with Crippen LogP contribution in [0.3, 0.4) is 0 Å². The molecule has 1 aromatic carbocycles. The van der Waals surface area contributed by atoms with Crippen molar-refractivity contribution in [3.8, 4) is 5.75 Å². The van der Waals surface area contributed by atoms with Gasteiger partial charge >= 0.3 is 6.36 Å². The highest BCUT2D eigenvalue weighted by Crippen LogP contribution is 2.38. The lowest BCUT2D eigenvalue weighted by Gasteiger charge is -2.35. The molecule has 1 atom stereocenters. The highest BCUT2D eigenvalue weighted by molar-refractivity contribution is 7.16. The molecule has 1 fully saturated rings. The van der Waals surface area contributed by atoms with Crippen LogP contribution in [0.5, 0.6) is 5.75 Å². The fraction of sp³-hybridized carbons (Fsp3) is 0.375. The van der Waals surface area contributed by atoms with Crippen molar-refractivity contribution in [2.45, 2.75) is 12.4 Å². The first-order valence-electron chi connectivity index (χ1n) is 7.59. The molecule has 10 heteroatoms. The third kappa shape index (κ3) is 5.23. The minimum atomic E-state index is -4.83. The minimum absolute atomic E-state index is 0. The summed E-state index contributed by atoms with van der Waals surface area (Å²) in [6.07, 6.45) is -4.83. The standard InChI is InChI=1S/C16H15ClF4N2OS.ClH/c17-14-4-3-13(25-14)15(23-7-5-22-6-8-23)11-9-10(1-2-12(11)18)24-16(19,20)21;/h1-4,9,15,22H,5-8H2;1H/t15-;/m1./s1. The van der Waals surface area contributed by atoms with Crippen LogP contribution in [0.4, 0.5) is 17.6 Å². The number of alkyl halides is 3. The maximum atomic E-state index is 14.5. The number of thiophene rings is 1. The van der Waals surface area contributed by atoms with Crippen LogP contribution >= 0.6 is 35.3 Å². The van der Waals surface area contributed by atoms with Gasteiger partial charge in [0.1, 0.15) is 11.6 Å². The van der Waals surface area contributed by atoms with E-state index in [2.05, 4.69) is 10.1 Å². The van der Waals surface area contributed by atoms with Gasteiger partial charge in [-0.15, -0.1) is 36.9 Å². The largest absolute Gasteiger partial charge is 0.573 e. The van der Waals surface area contributed by atoms with E-state index in [1.165, 1.54) is 11.3 Å². The summed E-state index contributed by atoms with van der Waals surface area (Å²) in [5.74, 6) is -1.02. The van der Waals surface area contributed by atoms with Crippen LogP contribution < -0.4 is 10.1 Å². The van der Waals surface area contributed by atoms with Gasteiger partial charge in [0.05, 0.1) is 10.4 Å². The van der Waals surface area contributed by atoms with Gasteiger partial charge < -0.3 is 10.1 Å². The molecule has 144 valence electrons. The van der Waals surface area contributed by atoms with Crippen molar-refractivity contribution in [1.29, 1.82) is 0 Å². The molecule has 0 aliphatic carbocycles. The smallest absolute Gasteiger partial charge is 0.406 e. The fourth-order valence-electron chi connectivity index (χ4n) is 2.87. The molecular formula is C16H16Cl2F4N2OS. The summed E-state index contributed by atoms with van der Waals surface area (Å²) in [5, 5.41) is 3.20. The van der Waals surface area contributed by atoms with Crippen LogP contribution in [-0.2, 0) is 0 Å². The predicted octanol–water partition coefficient (Wildman–Crippen LogP) is 4.86. The molecule has 0 bridgehead atoms. The molecule has 2 heterocycles. The number of hydrogen-bond acceptors (Lipinski definition) is 4. The molecule has 1 aliphatic heterocycles. The van der Waals surface area contributed by atoms with Gasteiger partial charge in [-0.2, -0.15) is 0 Å². The third-order valence-corrected chi connectivity index (χ3v) is 5.16. The number of rotatable bonds is 4. The molecule has 0 radical (unpaired) electrons. The Bertz CT molecular complexity index is 735. The van der Waals surface area contributed by atoms with Gasteiger partial charge in [0.15, 0.2) is 0 Å². The summed E-state index contributed by atoms with van der Waals surface area (Å²) in [6.45, 7) is 2.72. The van der Waals surface area contributed by atoms with Crippen molar-refractivity contribution in [3.63, 3.8) is 0 Å². The van der Waals surface area contributed by atoms with Gasteiger partial charge in [0.25, 0.3) is 0 Å². The number of halogens is 6. The molecule has 1 aliphatic rings. The normalized spacial score (nSPS) is 16.8. The zero-order valence-electron chi connectivity index (χ0n) is 13.4. The van der Waals surface area contributed by atoms with E-state index in [4.69, 9.17) is 11.6 Å². The first-order chi connectivity index (χ1) is 11.8. The van der Waals surface area contributed by atoms with E-state index < -0.39 is 24.0 Å². The second kappa shape index (κ2) is 8.75. The summed E-state index contributed by atoms with van der Waals surface area (Å²) < 4.78 is 56.5. The first-order valence-corrected chi connectivity index (χ1v) is 8.78. The Labute approximate surface area is 163 Å². The topological polar surface area (TPSA) is 24.5 Å². The van der Waals surface area contributed by atoms with Gasteiger partial charge in [-0.25, -0.2) is 4.39 Å². The van der Waals surface area contributed by atoms with Crippen molar-refractivity contribution < 1.29 is 22.3 Å². The van der Waals surface area contributed by atoms with E-state index in [1.54, 1.807) is 12.1 Å². The summed E-state index contributed by atoms with van der Waals surface area (Å²) in [4.78, 5) is 2.80. The van der Waals surface area contributed by atoms with Crippen LogP contribution in [-0.4, -0.2) is 37.4 Å². The Balaban J connectivity index is 0.00000243. The maximum absolute atomic E-state index is 14.5. The van der Waals surface area contributed by atoms with E-state index in [9.17, 15) is 17.6 Å². The van der Waals surface area contributed by atoms with Crippen LogP contribution in [0, 0.1) is 5.82 Å². The number of benzene rings is 1. The van der Waals surface area contributed by atoms with Crippen LogP contribution in [0.15, 0.2) is 30.3 Å². The number of nitrogens with zero attached hydrogens (tertiary/aromatic N) is 1. The van der Waals surface area contributed by atoms with Crippen molar-refractivity contribution in [2.75, 3.05) is 26.2 Å². The van der Waals surface area contributed by atoms with E-state index in [0.717, 1.165) is 36.2 Å². The highest BCUT2D eigenvalue weighted by Gasteiger charge is 2.33. The van der Waals surface area contributed by atoms with Crippen LogP contribution in [0.1, 0.15) is 16.5 Å². The fourth-order valence-corrected chi connectivity index (χ4v) is 4.09. The molecule has 1 saturated heterocycles. The number of hydrogen-bond donors (Lipinski definition) is 1. The number of nitrogens with one attached hydrogen (secondary N) is 1. The van der Waals surface area contributed by atoms with Crippen molar-refractivity contribution in [1.82, 2.24) is 10.2 Å². The first kappa shape index (κ1) is 21.2. The molecule has 0 spiro atoms. The van der Waals surface area contributed by atoms with E-state index in [-0.39, 0.29) is 18.0 Å². The molecule has 0 saturated carbocycles. The van der Waals surface area contributed by atoms with Gasteiger partial charge in [-0.05, 0) is 30.3 Å². The Morgan fingerprint density at radius 2 is 1.85 bits per heavy atom. The van der Waals surface area contributed by atoms with Crippen LogP contribution in [0.25, 0.3) is 0 Å². The highest BCUT2D eigenvalue weighted by atomic mass is 35.5. The predicted molar refractivity (Wildman–Crippen MR) is 95.9 cm³/mol. The molecule has 3 rings (SSSR count). The second-order valence-electron chi connectivity index (χ2n) is 5.56. The molecule has 0 amide bonds. The summed E-state index contributed by atoms with van der Waals surface area (Å²) in [6, 6.07) is 6.05. The van der Waals surface area contributed by atoms with Gasteiger partial charge in [-0.1, -0.05) is 11.6 Å². The summed E-state index contributed by atoms with van der Waals surface area (Å²) in [7, 11) is 0. The zero-order valence-corrected chi connectivity index (χ0v) is 15.7. The summed E-state index contributed by atoms with van der Waals surface area (Å²) >= 11 is 7.30.